The van der Waals surface area contributed by atoms with Gasteiger partial charge in [-0.25, -0.2) is 0 Å². The average molecular weight is 420 g/mol. The normalized spacial score (nSPS) is 17.5. The van der Waals surface area contributed by atoms with E-state index in [-0.39, 0.29) is 11.8 Å². The molecule has 1 aromatic carbocycles. The summed E-state index contributed by atoms with van der Waals surface area (Å²) >= 11 is 0. The fraction of sp³-hybridized carbons (Fsp3) is 0.458. The van der Waals surface area contributed by atoms with Gasteiger partial charge >= 0.3 is 0 Å². The molecule has 3 heterocycles. The molecule has 2 fully saturated rings. The Morgan fingerprint density at radius 3 is 2.48 bits per heavy atom. The van der Waals surface area contributed by atoms with Crippen LogP contribution < -0.4 is 0 Å². The van der Waals surface area contributed by atoms with Gasteiger partial charge in [-0.3, -0.25) is 14.5 Å². The van der Waals surface area contributed by atoms with Crippen LogP contribution in [0.2, 0.25) is 0 Å². The molecule has 7 heteroatoms. The molecule has 0 spiro atoms. The maximum Gasteiger partial charge on any atom is 0.246 e. The summed E-state index contributed by atoms with van der Waals surface area (Å²) < 4.78 is 2.07. The highest BCUT2D eigenvalue weighted by Gasteiger charge is 2.24. The highest BCUT2D eigenvalue weighted by molar-refractivity contribution is 5.96. The minimum atomic E-state index is -0.000578. The van der Waals surface area contributed by atoms with E-state index in [1.807, 2.05) is 46.3 Å². The lowest BCUT2D eigenvalue weighted by Crippen LogP contribution is -2.51. The molecule has 31 heavy (non-hydrogen) atoms. The Balaban J connectivity index is 1.34. The molecule has 0 atom stereocenters. The van der Waals surface area contributed by atoms with E-state index in [1.54, 1.807) is 6.08 Å². The first-order chi connectivity index (χ1) is 15.2. The number of aryl methyl sites for hydroxylation is 1. The van der Waals surface area contributed by atoms with Crippen LogP contribution in [0.5, 0.6) is 0 Å². The minimum absolute atomic E-state index is 0.000578. The first kappa shape index (κ1) is 21.1. The third-order valence-electron chi connectivity index (χ3n) is 6.19. The number of carbonyl (C=O) groups excluding carboxylic acids is 2. The summed E-state index contributed by atoms with van der Waals surface area (Å²) in [6, 6.07) is 10.2. The average Bonchev–Trinajstić information content (AvgIpc) is 3.45. The number of fused-ring (bicyclic) bond motifs is 1. The number of rotatable bonds is 6. The van der Waals surface area contributed by atoms with E-state index in [1.165, 1.54) is 0 Å². The standard InChI is InChI=1S/C24H29N5O2/c25-10-5-13-29-18-20(21-6-1-2-7-22(21)29)8-9-23(30)28-16-14-26(15-17-28)19-24(31)27-11-3-4-12-27/h1-2,6-9,18H,3-5,11-17,19H2. The maximum absolute atomic E-state index is 12.7. The van der Waals surface area contributed by atoms with Gasteiger partial charge in [0.1, 0.15) is 0 Å². The fourth-order valence-electron chi connectivity index (χ4n) is 4.41. The van der Waals surface area contributed by atoms with Crippen molar-refractivity contribution in [2.45, 2.75) is 25.8 Å². The molecule has 4 rings (SSSR count). The van der Waals surface area contributed by atoms with E-state index < -0.39 is 0 Å². The highest BCUT2D eigenvalue weighted by atomic mass is 16.2. The Hall–Kier alpha value is -3.11. The predicted octanol–water partition coefficient (Wildman–Crippen LogP) is 2.33. The van der Waals surface area contributed by atoms with Crippen LogP contribution in [0.1, 0.15) is 24.8 Å². The van der Waals surface area contributed by atoms with E-state index in [0.717, 1.165) is 55.5 Å². The number of likely N-dealkylation sites (tertiary alicyclic amines) is 1. The van der Waals surface area contributed by atoms with Crippen molar-refractivity contribution in [3.05, 3.63) is 42.1 Å². The van der Waals surface area contributed by atoms with Gasteiger partial charge in [-0.1, -0.05) is 18.2 Å². The van der Waals surface area contributed by atoms with Crippen LogP contribution in [-0.2, 0) is 16.1 Å². The molecule has 2 aromatic rings. The van der Waals surface area contributed by atoms with Gasteiger partial charge in [-0.2, -0.15) is 5.26 Å². The van der Waals surface area contributed by atoms with Crippen molar-refractivity contribution < 1.29 is 9.59 Å². The molecule has 0 saturated carbocycles. The van der Waals surface area contributed by atoms with Gasteiger partial charge in [0, 0.05) is 74.6 Å². The van der Waals surface area contributed by atoms with Crippen LogP contribution >= 0.6 is 0 Å². The van der Waals surface area contributed by atoms with Gasteiger partial charge in [0.05, 0.1) is 19.0 Å². The minimum Gasteiger partial charge on any atom is -0.346 e. The largest absolute Gasteiger partial charge is 0.346 e. The zero-order valence-electron chi connectivity index (χ0n) is 17.9. The first-order valence-electron chi connectivity index (χ1n) is 11.1. The molecule has 0 radical (unpaired) electrons. The monoisotopic (exact) mass is 419 g/mol. The predicted molar refractivity (Wildman–Crippen MR) is 120 cm³/mol. The van der Waals surface area contributed by atoms with Gasteiger partial charge in [0.25, 0.3) is 0 Å². The molecule has 0 bridgehead atoms. The zero-order chi connectivity index (χ0) is 21.6. The lowest BCUT2D eigenvalue weighted by molar-refractivity contribution is -0.132. The van der Waals surface area contributed by atoms with Crippen LogP contribution in [0.15, 0.2) is 36.5 Å². The van der Waals surface area contributed by atoms with Crippen molar-refractivity contribution in [3.8, 4) is 6.07 Å². The van der Waals surface area contributed by atoms with Crippen LogP contribution in [0.3, 0.4) is 0 Å². The third kappa shape index (κ3) is 4.97. The number of para-hydroxylation sites is 1. The number of hydrogen-bond donors (Lipinski definition) is 0. The van der Waals surface area contributed by atoms with Crippen molar-refractivity contribution >= 4 is 28.8 Å². The van der Waals surface area contributed by atoms with Crippen LogP contribution in [0.4, 0.5) is 0 Å². The number of hydrogen-bond acceptors (Lipinski definition) is 4. The molecule has 2 aliphatic heterocycles. The van der Waals surface area contributed by atoms with Crippen molar-refractivity contribution in [2.75, 3.05) is 45.8 Å². The highest BCUT2D eigenvalue weighted by Crippen LogP contribution is 2.23. The van der Waals surface area contributed by atoms with Gasteiger partial charge in [-0.05, 0) is 25.0 Å². The number of amides is 2. The Labute approximate surface area is 183 Å². The number of nitrogens with zero attached hydrogens (tertiary/aromatic N) is 5. The van der Waals surface area contributed by atoms with Gasteiger partial charge in [0.15, 0.2) is 0 Å². The number of benzene rings is 1. The zero-order valence-corrected chi connectivity index (χ0v) is 17.9. The number of nitriles is 1. The van der Waals surface area contributed by atoms with E-state index in [0.29, 0.717) is 32.6 Å². The summed E-state index contributed by atoms with van der Waals surface area (Å²) in [4.78, 5) is 31.0. The third-order valence-corrected chi connectivity index (χ3v) is 6.19. The molecular formula is C24H29N5O2. The summed E-state index contributed by atoms with van der Waals surface area (Å²) in [6.45, 7) is 5.60. The summed E-state index contributed by atoms with van der Waals surface area (Å²) in [6.07, 6.45) is 8.19. The van der Waals surface area contributed by atoms with Crippen LogP contribution in [0, 0.1) is 11.3 Å². The van der Waals surface area contributed by atoms with E-state index in [2.05, 4.69) is 15.5 Å². The second kappa shape index (κ2) is 9.80. The summed E-state index contributed by atoms with van der Waals surface area (Å²) in [7, 11) is 0. The van der Waals surface area contributed by atoms with E-state index >= 15 is 0 Å². The van der Waals surface area contributed by atoms with E-state index in [9.17, 15) is 9.59 Å². The SMILES string of the molecule is N#CCCn1cc(C=CC(=O)N2CCN(CC(=O)N3CCCC3)CC2)c2ccccc21. The van der Waals surface area contributed by atoms with Crippen LogP contribution in [0.25, 0.3) is 17.0 Å². The van der Waals surface area contributed by atoms with Gasteiger partial charge in [0.2, 0.25) is 11.8 Å². The molecule has 0 aliphatic carbocycles. The van der Waals surface area contributed by atoms with E-state index in [4.69, 9.17) is 5.26 Å². The fourth-order valence-corrected chi connectivity index (χ4v) is 4.41. The number of carbonyl (C=O) groups is 2. The lowest BCUT2D eigenvalue weighted by Gasteiger charge is -2.34. The van der Waals surface area contributed by atoms with Crippen molar-refractivity contribution in [1.29, 1.82) is 5.26 Å². The number of aromatic nitrogens is 1. The van der Waals surface area contributed by atoms with Crippen molar-refractivity contribution in [1.82, 2.24) is 19.3 Å². The first-order valence-corrected chi connectivity index (χ1v) is 11.1. The summed E-state index contributed by atoms with van der Waals surface area (Å²) in [5.74, 6) is 0.212. The van der Waals surface area contributed by atoms with Crippen molar-refractivity contribution in [2.24, 2.45) is 0 Å². The molecule has 2 aliphatic rings. The maximum atomic E-state index is 12.7. The molecule has 162 valence electrons. The second-order valence-electron chi connectivity index (χ2n) is 8.23. The Kier molecular flexibility index (Phi) is 6.68. The Morgan fingerprint density at radius 2 is 1.74 bits per heavy atom. The Morgan fingerprint density at radius 1 is 1.00 bits per heavy atom. The van der Waals surface area contributed by atoms with Gasteiger partial charge < -0.3 is 14.4 Å². The topological polar surface area (TPSA) is 72.6 Å². The molecule has 2 saturated heterocycles. The number of piperazine rings is 1. The molecule has 0 unspecified atom stereocenters. The van der Waals surface area contributed by atoms with Crippen molar-refractivity contribution in [3.63, 3.8) is 0 Å². The summed E-state index contributed by atoms with van der Waals surface area (Å²) in [5, 5.41) is 9.98. The Bertz CT molecular complexity index is 1000. The molecule has 7 nitrogen and oxygen atoms in total. The molecule has 1 aromatic heterocycles. The molecular weight excluding hydrogens is 390 g/mol. The second-order valence-corrected chi connectivity index (χ2v) is 8.23. The van der Waals surface area contributed by atoms with Crippen LogP contribution in [-0.4, -0.2) is 76.9 Å². The smallest absolute Gasteiger partial charge is 0.246 e. The quantitative estimate of drug-likeness (QED) is 0.674. The molecule has 0 N–H and O–H groups in total. The summed E-state index contributed by atoms with van der Waals surface area (Å²) in [5.41, 5.74) is 2.05. The van der Waals surface area contributed by atoms with Gasteiger partial charge in [-0.15, -0.1) is 0 Å². The lowest BCUT2D eigenvalue weighted by atomic mass is 10.1. The molecule has 2 amide bonds.